The van der Waals surface area contributed by atoms with Crippen LogP contribution < -0.4 is 5.32 Å². The van der Waals surface area contributed by atoms with Gasteiger partial charge in [0.2, 0.25) is 11.8 Å². The molecule has 0 spiro atoms. The van der Waals surface area contributed by atoms with Crippen LogP contribution in [0, 0.1) is 0 Å². The Labute approximate surface area is 126 Å². The van der Waals surface area contributed by atoms with Crippen molar-refractivity contribution in [2.75, 3.05) is 5.32 Å². The molecule has 3 amide bonds. The SMILES string of the molecule is O=C(Nc1ccc(CN2C(=O)CCC2=O)cc1)c1ccco1. The van der Waals surface area contributed by atoms with Crippen LogP contribution in [-0.4, -0.2) is 22.6 Å². The van der Waals surface area contributed by atoms with E-state index in [1.165, 1.54) is 11.2 Å². The van der Waals surface area contributed by atoms with Gasteiger partial charge in [-0.2, -0.15) is 0 Å². The predicted molar refractivity (Wildman–Crippen MR) is 77.9 cm³/mol. The lowest BCUT2D eigenvalue weighted by Crippen LogP contribution is -2.28. The Hall–Kier alpha value is -2.89. The van der Waals surface area contributed by atoms with Gasteiger partial charge in [0.15, 0.2) is 5.76 Å². The summed E-state index contributed by atoms with van der Waals surface area (Å²) in [6, 6.07) is 10.2. The minimum atomic E-state index is -0.331. The van der Waals surface area contributed by atoms with Gasteiger partial charge in [0.1, 0.15) is 0 Å². The summed E-state index contributed by atoms with van der Waals surface area (Å²) in [4.78, 5) is 36.2. The zero-order valence-corrected chi connectivity index (χ0v) is 11.7. The fourth-order valence-electron chi connectivity index (χ4n) is 2.28. The number of hydrogen-bond acceptors (Lipinski definition) is 4. The maximum atomic E-state index is 11.8. The molecule has 6 heteroatoms. The molecule has 112 valence electrons. The maximum absolute atomic E-state index is 11.8. The van der Waals surface area contributed by atoms with Gasteiger partial charge in [0.25, 0.3) is 5.91 Å². The monoisotopic (exact) mass is 298 g/mol. The molecule has 3 rings (SSSR count). The number of carbonyl (C=O) groups is 3. The van der Waals surface area contributed by atoms with Gasteiger partial charge in [0.05, 0.1) is 12.8 Å². The molecule has 0 bridgehead atoms. The molecule has 6 nitrogen and oxygen atoms in total. The summed E-state index contributed by atoms with van der Waals surface area (Å²) in [5.41, 5.74) is 1.45. The highest BCUT2D eigenvalue weighted by Crippen LogP contribution is 2.17. The topological polar surface area (TPSA) is 79.6 Å². The first-order valence-corrected chi connectivity index (χ1v) is 6.90. The Morgan fingerprint density at radius 2 is 1.77 bits per heavy atom. The van der Waals surface area contributed by atoms with Crippen LogP contribution in [-0.2, 0) is 16.1 Å². The molecular weight excluding hydrogens is 284 g/mol. The van der Waals surface area contributed by atoms with E-state index >= 15 is 0 Å². The van der Waals surface area contributed by atoms with Gasteiger partial charge in [-0.25, -0.2) is 0 Å². The van der Waals surface area contributed by atoms with Crippen LogP contribution in [0.2, 0.25) is 0 Å². The van der Waals surface area contributed by atoms with Crippen molar-refractivity contribution in [3.05, 3.63) is 54.0 Å². The lowest BCUT2D eigenvalue weighted by atomic mass is 10.2. The molecule has 22 heavy (non-hydrogen) atoms. The summed E-state index contributed by atoms with van der Waals surface area (Å²) in [7, 11) is 0. The van der Waals surface area contributed by atoms with Crippen molar-refractivity contribution in [1.29, 1.82) is 0 Å². The summed E-state index contributed by atoms with van der Waals surface area (Å²) in [6.45, 7) is 0.268. The summed E-state index contributed by atoms with van der Waals surface area (Å²) in [5, 5.41) is 2.70. The first-order chi connectivity index (χ1) is 10.6. The number of benzene rings is 1. The Morgan fingerprint density at radius 3 is 2.36 bits per heavy atom. The molecular formula is C16H14N2O4. The van der Waals surface area contributed by atoms with Crippen LogP contribution in [0.5, 0.6) is 0 Å². The van der Waals surface area contributed by atoms with Crippen molar-refractivity contribution < 1.29 is 18.8 Å². The van der Waals surface area contributed by atoms with Crippen LogP contribution in [0.3, 0.4) is 0 Å². The van der Waals surface area contributed by atoms with Crippen LogP contribution in [0.1, 0.15) is 29.0 Å². The number of imide groups is 1. The van der Waals surface area contributed by atoms with E-state index in [-0.39, 0.29) is 42.9 Å². The summed E-state index contributed by atoms with van der Waals surface area (Å²) < 4.78 is 5.01. The molecule has 0 saturated carbocycles. The lowest BCUT2D eigenvalue weighted by molar-refractivity contribution is -0.139. The van der Waals surface area contributed by atoms with Crippen LogP contribution in [0.25, 0.3) is 0 Å². The molecule has 1 N–H and O–H groups in total. The van der Waals surface area contributed by atoms with Gasteiger partial charge < -0.3 is 9.73 Å². The average Bonchev–Trinajstić information content (AvgIpc) is 3.15. The summed E-state index contributed by atoms with van der Waals surface area (Å²) >= 11 is 0. The third kappa shape index (κ3) is 2.90. The Bertz CT molecular complexity index is 688. The molecule has 1 aromatic carbocycles. The third-order valence-corrected chi connectivity index (χ3v) is 3.45. The van der Waals surface area contributed by atoms with Gasteiger partial charge in [0, 0.05) is 18.5 Å². The van der Waals surface area contributed by atoms with Crippen molar-refractivity contribution in [3.63, 3.8) is 0 Å². The number of amides is 3. The van der Waals surface area contributed by atoms with Crippen LogP contribution >= 0.6 is 0 Å². The largest absolute Gasteiger partial charge is 0.459 e. The fraction of sp³-hybridized carbons (Fsp3) is 0.188. The minimum absolute atomic E-state index is 0.139. The second-order valence-corrected chi connectivity index (χ2v) is 5.00. The second kappa shape index (κ2) is 5.85. The predicted octanol–water partition coefficient (Wildman–Crippen LogP) is 2.18. The molecule has 0 unspecified atom stereocenters. The molecule has 0 atom stereocenters. The lowest BCUT2D eigenvalue weighted by Gasteiger charge is -2.14. The van der Waals surface area contributed by atoms with E-state index in [4.69, 9.17) is 4.42 Å². The number of hydrogen-bond donors (Lipinski definition) is 1. The second-order valence-electron chi connectivity index (χ2n) is 5.00. The number of anilines is 1. The number of rotatable bonds is 4. The normalized spacial score (nSPS) is 14.5. The summed E-state index contributed by atoms with van der Waals surface area (Å²) in [6.07, 6.45) is 2.01. The number of carbonyl (C=O) groups excluding carboxylic acids is 3. The molecule has 1 aliphatic heterocycles. The Balaban J connectivity index is 1.64. The van der Waals surface area contributed by atoms with Gasteiger partial charge in [-0.1, -0.05) is 12.1 Å². The Morgan fingerprint density at radius 1 is 1.09 bits per heavy atom. The van der Waals surface area contributed by atoms with Crippen molar-refractivity contribution in [1.82, 2.24) is 4.90 Å². The number of likely N-dealkylation sites (tertiary alicyclic amines) is 1. The number of nitrogens with one attached hydrogen (secondary N) is 1. The standard InChI is InChI=1S/C16H14N2O4/c19-14-7-8-15(20)18(14)10-11-3-5-12(6-4-11)17-16(21)13-2-1-9-22-13/h1-6,9H,7-8,10H2,(H,17,21). The fourth-order valence-corrected chi connectivity index (χ4v) is 2.28. The van der Waals surface area contributed by atoms with Gasteiger partial charge >= 0.3 is 0 Å². The van der Waals surface area contributed by atoms with Crippen LogP contribution in [0.15, 0.2) is 47.1 Å². The van der Waals surface area contributed by atoms with Crippen molar-refractivity contribution in [3.8, 4) is 0 Å². The van der Waals surface area contributed by atoms with E-state index in [1.807, 2.05) is 0 Å². The van der Waals surface area contributed by atoms with Gasteiger partial charge in [-0.05, 0) is 29.8 Å². The van der Waals surface area contributed by atoms with Crippen LogP contribution in [0.4, 0.5) is 5.69 Å². The zero-order chi connectivity index (χ0) is 15.5. The number of furan rings is 1. The van der Waals surface area contributed by atoms with E-state index in [9.17, 15) is 14.4 Å². The van der Waals surface area contributed by atoms with Crippen molar-refractivity contribution in [2.45, 2.75) is 19.4 Å². The highest BCUT2D eigenvalue weighted by atomic mass is 16.3. The van der Waals surface area contributed by atoms with E-state index in [1.54, 1.807) is 36.4 Å². The van der Waals surface area contributed by atoms with E-state index in [0.29, 0.717) is 5.69 Å². The molecule has 1 aromatic heterocycles. The van der Waals surface area contributed by atoms with Crippen molar-refractivity contribution >= 4 is 23.4 Å². The van der Waals surface area contributed by atoms with Gasteiger partial charge in [-0.3, -0.25) is 19.3 Å². The number of nitrogens with zero attached hydrogens (tertiary/aromatic N) is 1. The zero-order valence-electron chi connectivity index (χ0n) is 11.7. The minimum Gasteiger partial charge on any atom is -0.459 e. The first-order valence-electron chi connectivity index (χ1n) is 6.90. The Kier molecular flexibility index (Phi) is 3.74. The molecule has 2 aromatic rings. The molecule has 1 fully saturated rings. The highest BCUT2D eigenvalue weighted by Gasteiger charge is 2.28. The van der Waals surface area contributed by atoms with Crippen molar-refractivity contribution in [2.24, 2.45) is 0 Å². The van der Waals surface area contributed by atoms with Gasteiger partial charge in [-0.15, -0.1) is 0 Å². The average molecular weight is 298 g/mol. The maximum Gasteiger partial charge on any atom is 0.291 e. The highest BCUT2D eigenvalue weighted by molar-refractivity contribution is 6.02. The molecule has 1 aliphatic rings. The quantitative estimate of drug-likeness (QED) is 0.877. The van der Waals surface area contributed by atoms with E-state index in [0.717, 1.165) is 5.56 Å². The third-order valence-electron chi connectivity index (χ3n) is 3.45. The van der Waals surface area contributed by atoms with E-state index < -0.39 is 0 Å². The molecule has 0 radical (unpaired) electrons. The molecule has 0 aliphatic carbocycles. The van der Waals surface area contributed by atoms with E-state index in [2.05, 4.69) is 5.32 Å². The molecule has 1 saturated heterocycles. The first kappa shape index (κ1) is 14.1. The molecule has 2 heterocycles. The summed E-state index contributed by atoms with van der Waals surface area (Å²) in [5.74, 6) is -0.375. The smallest absolute Gasteiger partial charge is 0.291 e.